The highest BCUT2D eigenvalue weighted by Gasteiger charge is 2.36. The molecule has 2 aromatic heterocycles. The van der Waals surface area contributed by atoms with Crippen LogP contribution in [0.5, 0.6) is 5.88 Å². The number of pyridine rings is 2. The molecule has 0 unspecified atom stereocenters. The van der Waals surface area contributed by atoms with Crippen molar-refractivity contribution in [1.82, 2.24) is 9.97 Å². The summed E-state index contributed by atoms with van der Waals surface area (Å²) in [6, 6.07) is 10.1. The molecule has 146 valence electrons. The van der Waals surface area contributed by atoms with E-state index in [1.54, 1.807) is 0 Å². The molecule has 0 aliphatic rings. The molecule has 1 aromatic carbocycles. The lowest BCUT2D eigenvalue weighted by Crippen LogP contribution is -2.10. The van der Waals surface area contributed by atoms with E-state index in [1.807, 2.05) is 0 Å². The molecule has 0 saturated carbocycles. The number of ether oxygens (including phenoxy) is 1. The fourth-order valence-electron chi connectivity index (χ4n) is 2.62. The molecule has 0 aliphatic carbocycles. The predicted octanol–water partition coefficient (Wildman–Crippen LogP) is 4.24. The molecule has 0 amide bonds. The lowest BCUT2D eigenvalue weighted by molar-refractivity contribution is -0.140. The first-order valence-corrected chi connectivity index (χ1v) is 9.87. The molecule has 0 fully saturated rings. The number of aromatic nitrogens is 2. The Balaban J connectivity index is 2.12. The molecule has 0 saturated heterocycles. The number of benzene rings is 1. The van der Waals surface area contributed by atoms with Crippen LogP contribution in [-0.2, 0) is 16.0 Å². The van der Waals surface area contributed by atoms with Crippen molar-refractivity contribution in [2.24, 2.45) is 0 Å². The minimum atomic E-state index is -4.64. The second-order valence-corrected chi connectivity index (χ2v) is 8.02. The second-order valence-electron chi connectivity index (χ2n) is 6.00. The van der Waals surface area contributed by atoms with Gasteiger partial charge in [0.05, 0.1) is 12.0 Å². The molecular weight excluding hydrogens is 393 g/mol. The number of nitrogens with zero attached hydrogens (tertiary/aromatic N) is 2. The molecule has 0 aliphatic heterocycles. The Bertz CT molecular complexity index is 1090. The fourth-order valence-corrected chi connectivity index (χ4v) is 3.25. The van der Waals surface area contributed by atoms with Gasteiger partial charge in [-0.25, -0.2) is 13.4 Å². The van der Waals surface area contributed by atoms with Crippen LogP contribution in [0, 0.1) is 0 Å². The van der Waals surface area contributed by atoms with Gasteiger partial charge < -0.3 is 4.74 Å². The smallest absolute Gasteiger partial charge is 0.433 e. The minimum Gasteiger partial charge on any atom is -0.481 e. The van der Waals surface area contributed by atoms with Gasteiger partial charge >= 0.3 is 6.18 Å². The van der Waals surface area contributed by atoms with Crippen LogP contribution < -0.4 is 4.74 Å². The first-order chi connectivity index (χ1) is 13.1. The van der Waals surface area contributed by atoms with E-state index >= 15 is 0 Å². The zero-order valence-corrected chi connectivity index (χ0v) is 15.7. The summed E-state index contributed by atoms with van der Waals surface area (Å²) in [6.45, 7) is 0. The van der Waals surface area contributed by atoms with Crippen LogP contribution in [0.15, 0.2) is 59.8 Å². The molecule has 0 atom stereocenters. The van der Waals surface area contributed by atoms with Gasteiger partial charge in [-0.1, -0.05) is 12.1 Å². The highest BCUT2D eigenvalue weighted by atomic mass is 32.2. The first kappa shape index (κ1) is 19.8. The number of halogens is 3. The third-order valence-electron chi connectivity index (χ3n) is 4.03. The Morgan fingerprint density at radius 3 is 2.00 bits per heavy atom. The summed E-state index contributed by atoms with van der Waals surface area (Å²) < 4.78 is 68.4. The van der Waals surface area contributed by atoms with Crippen molar-refractivity contribution in [2.75, 3.05) is 13.4 Å². The summed E-state index contributed by atoms with van der Waals surface area (Å²) in [7, 11) is -1.96. The molecule has 9 heteroatoms. The first-order valence-electron chi connectivity index (χ1n) is 7.98. The van der Waals surface area contributed by atoms with Gasteiger partial charge in [-0.15, -0.1) is 0 Å². The SMILES string of the molecule is COc1ccc(-c2cc(-c3ccc(S(C)(=O)=O)cc3)cnc2C(F)(F)F)cn1. The quantitative estimate of drug-likeness (QED) is 0.646. The zero-order valence-electron chi connectivity index (χ0n) is 14.9. The van der Waals surface area contributed by atoms with Crippen molar-refractivity contribution in [2.45, 2.75) is 11.1 Å². The Morgan fingerprint density at radius 2 is 1.50 bits per heavy atom. The molecule has 0 bridgehead atoms. The summed E-state index contributed by atoms with van der Waals surface area (Å²) in [5.74, 6) is 0.276. The Labute approximate surface area is 159 Å². The van der Waals surface area contributed by atoms with Crippen molar-refractivity contribution in [1.29, 1.82) is 0 Å². The highest BCUT2D eigenvalue weighted by molar-refractivity contribution is 7.90. The summed E-state index contributed by atoms with van der Waals surface area (Å²) >= 11 is 0. The normalized spacial score (nSPS) is 12.0. The van der Waals surface area contributed by atoms with Crippen LogP contribution >= 0.6 is 0 Å². The number of alkyl halides is 3. The lowest BCUT2D eigenvalue weighted by atomic mass is 10.00. The van der Waals surface area contributed by atoms with E-state index in [1.165, 1.54) is 55.8 Å². The molecule has 3 rings (SSSR count). The summed E-state index contributed by atoms with van der Waals surface area (Å²) in [5, 5.41) is 0. The zero-order chi connectivity index (χ0) is 20.5. The predicted molar refractivity (Wildman–Crippen MR) is 97.6 cm³/mol. The molecule has 5 nitrogen and oxygen atoms in total. The number of methoxy groups -OCH3 is 1. The van der Waals surface area contributed by atoms with Gasteiger partial charge in [-0.2, -0.15) is 13.2 Å². The Morgan fingerprint density at radius 1 is 0.893 bits per heavy atom. The van der Waals surface area contributed by atoms with Crippen LogP contribution in [0.4, 0.5) is 13.2 Å². The van der Waals surface area contributed by atoms with Crippen molar-refractivity contribution in [3.63, 3.8) is 0 Å². The monoisotopic (exact) mass is 408 g/mol. The third kappa shape index (κ3) is 4.14. The van der Waals surface area contributed by atoms with Crippen LogP contribution in [0.25, 0.3) is 22.3 Å². The Hall–Kier alpha value is -2.94. The topological polar surface area (TPSA) is 69.2 Å². The molecule has 0 N–H and O–H groups in total. The van der Waals surface area contributed by atoms with E-state index in [0.29, 0.717) is 11.1 Å². The average molecular weight is 408 g/mol. The molecule has 3 aromatic rings. The van der Waals surface area contributed by atoms with E-state index in [9.17, 15) is 21.6 Å². The number of hydrogen-bond acceptors (Lipinski definition) is 5. The van der Waals surface area contributed by atoms with Gasteiger partial charge in [-0.3, -0.25) is 4.98 Å². The number of hydrogen-bond donors (Lipinski definition) is 0. The molecule has 0 radical (unpaired) electrons. The molecule has 2 heterocycles. The standard InChI is InChI=1S/C19H15F3N2O3S/c1-27-17-8-5-13(10-23-17)16-9-14(11-24-18(16)19(20,21)22)12-3-6-15(7-4-12)28(2,25)26/h3-11H,1-2H3. The van der Waals surface area contributed by atoms with Gasteiger partial charge in [-0.05, 0) is 29.8 Å². The maximum Gasteiger partial charge on any atom is 0.433 e. The van der Waals surface area contributed by atoms with E-state index in [0.717, 1.165) is 12.5 Å². The van der Waals surface area contributed by atoms with Crippen molar-refractivity contribution in [3.8, 4) is 28.1 Å². The average Bonchev–Trinajstić information content (AvgIpc) is 2.66. The van der Waals surface area contributed by atoms with E-state index < -0.39 is 21.7 Å². The summed E-state index contributed by atoms with van der Waals surface area (Å²) in [6.07, 6.45) is -1.18. The van der Waals surface area contributed by atoms with Gasteiger partial charge in [0.15, 0.2) is 15.5 Å². The maximum atomic E-state index is 13.4. The number of sulfone groups is 1. The fraction of sp³-hybridized carbons (Fsp3) is 0.158. The summed E-state index contributed by atoms with van der Waals surface area (Å²) in [5.41, 5.74) is 0.0220. The van der Waals surface area contributed by atoms with Crippen LogP contribution in [0.1, 0.15) is 5.69 Å². The maximum absolute atomic E-state index is 13.4. The van der Waals surface area contributed by atoms with Crippen LogP contribution in [-0.4, -0.2) is 31.8 Å². The largest absolute Gasteiger partial charge is 0.481 e. The van der Waals surface area contributed by atoms with E-state index in [4.69, 9.17) is 4.74 Å². The van der Waals surface area contributed by atoms with Crippen molar-refractivity contribution < 1.29 is 26.3 Å². The van der Waals surface area contributed by atoms with E-state index in [2.05, 4.69) is 9.97 Å². The molecule has 0 spiro atoms. The third-order valence-corrected chi connectivity index (χ3v) is 5.16. The van der Waals surface area contributed by atoms with Gasteiger partial charge in [0.25, 0.3) is 0 Å². The van der Waals surface area contributed by atoms with Crippen LogP contribution in [0.2, 0.25) is 0 Å². The summed E-state index contributed by atoms with van der Waals surface area (Å²) in [4.78, 5) is 7.69. The van der Waals surface area contributed by atoms with Crippen molar-refractivity contribution >= 4 is 9.84 Å². The second kappa shape index (κ2) is 7.23. The molecular formula is C19H15F3N2O3S. The van der Waals surface area contributed by atoms with E-state index in [-0.39, 0.29) is 21.9 Å². The van der Waals surface area contributed by atoms with Gasteiger partial charge in [0, 0.05) is 41.4 Å². The van der Waals surface area contributed by atoms with Crippen LogP contribution in [0.3, 0.4) is 0 Å². The highest BCUT2D eigenvalue weighted by Crippen LogP contribution is 2.37. The van der Waals surface area contributed by atoms with Gasteiger partial charge in [0.2, 0.25) is 5.88 Å². The Kier molecular flexibility index (Phi) is 5.12. The van der Waals surface area contributed by atoms with Crippen molar-refractivity contribution in [3.05, 3.63) is 60.6 Å². The minimum absolute atomic E-state index is 0.121. The number of rotatable bonds is 4. The molecule has 28 heavy (non-hydrogen) atoms. The van der Waals surface area contributed by atoms with Gasteiger partial charge in [0.1, 0.15) is 0 Å². The lowest BCUT2D eigenvalue weighted by Gasteiger charge is -2.14.